The third kappa shape index (κ3) is 4.06. The molecule has 3 amide bonds. The molecule has 1 atom stereocenters. The highest BCUT2D eigenvalue weighted by atomic mass is 16.6. The van der Waals surface area contributed by atoms with Crippen LogP contribution in [0.5, 0.6) is 0 Å². The number of fused-ring (bicyclic) bond motifs is 1. The first-order valence-corrected chi connectivity index (χ1v) is 10.8. The molecule has 0 saturated carbocycles. The molecule has 1 fully saturated rings. The van der Waals surface area contributed by atoms with Crippen LogP contribution < -0.4 is 11.0 Å². The maximum absolute atomic E-state index is 13.0. The fourth-order valence-corrected chi connectivity index (χ4v) is 4.23. The first-order valence-electron chi connectivity index (χ1n) is 10.8. The molecule has 2 aliphatic rings. The van der Waals surface area contributed by atoms with Gasteiger partial charge in [-0.3, -0.25) is 24.0 Å². The van der Waals surface area contributed by atoms with Gasteiger partial charge in [-0.25, -0.2) is 9.59 Å². The normalized spacial score (nSPS) is 19.7. The van der Waals surface area contributed by atoms with E-state index in [2.05, 4.69) is 11.4 Å². The second-order valence-corrected chi connectivity index (χ2v) is 9.30. The molecule has 2 aliphatic heterocycles. The molecule has 0 radical (unpaired) electrons. The van der Waals surface area contributed by atoms with Gasteiger partial charge in [-0.05, 0) is 56.9 Å². The highest BCUT2D eigenvalue weighted by Crippen LogP contribution is 2.28. The van der Waals surface area contributed by atoms with Gasteiger partial charge in [0.05, 0.1) is 11.0 Å². The van der Waals surface area contributed by atoms with Crippen molar-refractivity contribution >= 4 is 34.5 Å². The highest BCUT2D eigenvalue weighted by molar-refractivity contribution is 6.00. The van der Waals surface area contributed by atoms with Crippen molar-refractivity contribution < 1.29 is 19.1 Å². The second-order valence-electron chi connectivity index (χ2n) is 9.30. The van der Waals surface area contributed by atoms with Crippen molar-refractivity contribution in [1.29, 1.82) is 0 Å². The molecule has 2 aromatic rings. The fraction of sp³-hybridized carbons (Fsp3) is 0.478. The zero-order valence-corrected chi connectivity index (χ0v) is 18.8. The minimum atomic E-state index is -0.716. The summed E-state index contributed by atoms with van der Waals surface area (Å²) in [6.07, 6.45) is 2.95. The predicted molar refractivity (Wildman–Crippen MR) is 119 cm³/mol. The lowest BCUT2D eigenvalue weighted by molar-refractivity contribution is -0.135. The van der Waals surface area contributed by atoms with Gasteiger partial charge < -0.3 is 9.64 Å². The van der Waals surface area contributed by atoms with Gasteiger partial charge >= 0.3 is 11.8 Å². The van der Waals surface area contributed by atoms with Crippen LogP contribution in [0.2, 0.25) is 0 Å². The van der Waals surface area contributed by atoms with E-state index in [0.29, 0.717) is 37.0 Å². The zero-order chi connectivity index (χ0) is 23.2. The number of rotatable bonds is 2. The first kappa shape index (κ1) is 21.9. The van der Waals surface area contributed by atoms with Crippen LogP contribution in [0.3, 0.4) is 0 Å². The molecule has 0 bridgehead atoms. The summed E-state index contributed by atoms with van der Waals surface area (Å²) in [5, 5.41) is 2.32. The maximum Gasteiger partial charge on any atom is 0.410 e. The Balaban J connectivity index is 1.65. The number of piperidine rings is 1. The number of aryl methyl sites for hydroxylation is 1. The molecule has 9 nitrogen and oxygen atoms in total. The number of benzene rings is 1. The van der Waals surface area contributed by atoms with E-state index < -0.39 is 17.6 Å². The number of imidazole rings is 1. The second kappa shape index (κ2) is 7.96. The van der Waals surface area contributed by atoms with Crippen LogP contribution in [0.15, 0.2) is 29.1 Å². The number of aromatic nitrogens is 2. The lowest BCUT2D eigenvalue weighted by atomic mass is 10.0. The summed E-state index contributed by atoms with van der Waals surface area (Å²) in [5.41, 5.74) is 2.34. The summed E-state index contributed by atoms with van der Waals surface area (Å²) in [5.74, 6) is -0.775. The number of nitrogens with zero attached hydrogens (tertiary/aromatic N) is 3. The number of ether oxygens (including phenoxy) is 1. The molecule has 32 heavy (non-hydrogen) atoms. The molecular formula is C23H28N4O5. The number of imide groups is 1. The Kier molecular flexibility index (Phi) is 5.44. The van der Waals surface area contributed by atoms with Gasteiger partial charge in [-0.1, -0.05) is 12.1 Å². The highest BCUT2D eigenvalue weighted by Gasteiger charge is 2.31. The number of hydrogen-bond donors (Lipinski definition) is 1. The first-order chi connectivity index (χ1) is 15.0. The largest absolute Gasteiger partial charge is 0.444 e. The van der Waals surface area contributed by atoms with Gasteiger partial charge in [0.2, 0.25) is 11.8 Å². The molecule has 9 heteroatoms. The van der Waals surface area contributed by atoms with Gasteiger partial charge in [0.25, 0.3) is 0 Å². The molecule has 0 aliphatic carbocycles. The van der Waals surface area contributed by atoms with E-state index in [1.165, 1.54) is 9.13 Å². The lowest BCUT2D eigenvalue weighted by Crippen LogP contribution is -2.44. The molecule has 4 rings (SSSR count). The van der Waals surface area contributed by atoms with Crippen molar-refractivity contribution in [3.05, 3.63) is 40.3 Å². The molecule has 3 heterocycles. The SMILES string of the molecule is Cn1c(=O)n(C2CCC(=O)NC2=O)c2ccc(C3=CCCN(C(=O)OC(C)(C)C)C3)cc21. The minimum Gasteiger partial charge on any atom is -0.444 e. The summed E-state index contributed by atoms with van der Waals surface area (Å²) >= 11 is 0. The molecular weight excluding hydrogens is 412 g/mol. The van der Waals surface area contributed by atoms with Gasteiger partial charge in [0.1, 0.15) is 11.6 Å². The standard InChI is InChI=1S/C23H28N4O5/c1-23(2,3)32-22(31)26-11-5-6-15(13-26)14-7-8-16-18(12-14)25(4)21(30)27(16)17-9-10-19(28)24-20(17)29/h6-8,12,17H,5,9-11,13H2,1-4H3,(H,24,28,29). The summed E-state index contributed by atoms with van der Waals surface area (Å²) in [6, 6.07) is 4.91. The average Bonchev–Trinajstić information content (AvgIpc) is 2.97. The van der Waals surface area contributed by atoms with Gasteiger partial charge in [0, 0.05) is 26.6 Å². The van der Waals surface area contributed by atoms with E-state index in [-0.39, 0.29) is 24.1 Å². The van der Waals surface area contributed by atoms with E-state index >= 15 is 0 Å². The van der Waals surface area contributed by atoms with Crippen LogP contribution >= 0.6 is 0 Å². The van der Waals surface area contributed by atoms with Crippen molar-refractivity contribution in [2.24, 2.45) is 7.05 Å². The van der Waals surface area contributed by atoms with Crippen molar-refractivity contribution in [3.8, 4) is 0 Å². The summed E-state index contributed by atoms with van der Waals surface area (Å²) in [4.78, 5) is 51.0. The number of carbonyl (C=O) groups is 3. The smallest absolute Gasteiger partial charge is 0.410 e. The average molecular weight is 441 g/mol. The third-order valence-electron chi connectivity index (χ3n) is 5.78. The van der Waals surface area contributed by atoms with Gasteiger partial charge in [-0.15, -0.1) is 0 Å². The Morgan fingerprint density at radius 1 is 1.16 bits per heavy atom. The fourth-order valence-electron chi connectivity index (χ4n) is 4.23. The summed E-state index contributed by atoms with van der Waals surface area (Å²) < 4.78 is 8.48. The molecule has 1 aromatic heterocycles. The molecule has 1 saturated heterocycles. The van der Waals surface area contributed by atoms with Crippen LogP contribution in [0.1, 0.15) is 51.6 Å². The zero-order valence-electron chi connectivity index (χ0n) is 18.8. The Labute approximate surface area is 185 Å². The van der Waals surface area contributed by atoms with E-state index in [4.69, 9.17) is 4.74 Å². The van der Waals surface area contributed by atoms with Crippen LogP contribution in [0, 0.1) is 0 Å². The van der Waals surface area contributed by atoms with Crippen molar-refractivity contribution in [1.82, 2.24) is 19.4 Å². The van der Waals surface area contributed by atoms with Crippen LogP contribution in [0.4, 0.5) is 4.79 Å². The topological polar surface area (TPSA) is 103 Å². The summed E-state index contributed by atoms with van der Waals surface area (Å²) in [7, 11) is 1.67. The Hall–Kier alpha value is -3.36. The van der Waals surface area contributed by atoms with Crippen molar-refractivity contribution in [2.75, 3.05) is 13.1 Å². The Morgan fingerprint density at radius 3 is 2.59 bits per heavy atom. The third-order valence-corrected chi connectivity index (χ3v) is 5.78. The van der Waals surface area contributed by atoms with E-state index in [1.54, 1.807) is 11.9 Å². The van der Waals surface area contributed by atoms with Gasteiger partial charge in [0.15, 0.2) is 0 Å². The summed E-state index contributed by atoms with van der Waals surface area (Å²) in [6.45, 7) is 6.53. The predicted octanol–water partition coefficient (Wildman–Crippen LogP) is 2.34. The Bertz CT molecular complexity index is 1200. The van der Waals surface area contributed by atoms with Crippen molar-refractivity contribution in [2.45, 2.75) is 51.7 Å². The monoisotopic (exact) mass is 440 g/mol. The van der Waals surface area contributed by atoms with E-state index in [0.717, 1.165) is 11.1 Å². The van der Waals surface area contributed by atoms with Crippen LogP contribution in [-0.2, 0) is 21.4 Å². The molecule has 0 spiro atoms. The minimum absolute atomic E-state index is 0.199. The molecule has 1 unspecified atom stereocenters. The Morgan fingerprint density at radius 2 is 1.91 bits per heavy atom. The number of nitrogens with one attached hydrogen (secondary N) is 1. The molecule has 1 aromatic carbocycles. The molecule has 1 N–H and O–H groups in total. The van der Waals surface area contributed by atoms with Gasteiger partial charge in [-0.2, -0.15) is 0 Å². The van der Waals surface area contributed by atoms with E-state index in [9.17, 15) is 19.2 Å². The van der Waals surface area contributed by atoms with Crippen molar-refractivity contribution in [3.63, 3.8) is 0 Å². The molecule has 170 valence electrons. The number of amides is 3. The maximum atomic E-state index is 13.0. The number of carbonyl (C=O) groups excluding carboxylic acids is 3. The van der Waals surface area contributed by atoms with E-state index in [1.807, 2.05) is 39.0 Å². The lowest BCUT2D eigenvalue weighted by Gasteiger charge is -2.30. The quantitative estimate of drug-likeness (QED) is 0.722. The van der Waals surface area contributed by atoms with Crippen LogP contribution in [0.25, 0.3) is 16.6 Å². The van der Waals surface area contributed by atoms with Crippen LogP contribution in [-0.4, -0.2) is 50.6 Å². The number of hydrogen-bond acceptors (Lipinski definition) is 5.